The maximum atomic E-state index is 12.7. The van der Waals surface area contributed by atoms with Crippen LogP contribution < -0.4 is 14.2 Å². The molecule has 1 unspecified atom stereocenters. The van der Waals surface area contributed by atoms with Crippen LogP contribution in [-0.4, -0.2) is 56.4 Å². The number of rotatable bonds is 8. The van der Waals surface area contributed by atoms with E-state index >= 15 is 0 Å². The highest BCUT2D eigenvalue weighted by Crippen LogP contribution is 2.32. The number of carbonyl (C=O) groups is 1. The summed E-state index contributed by atoms with van der Waals surface area (Å²) in [5.41, 5.74) is -0.520. The molecule has 9 heteroatoms. The second-order valence-electron chi connectivity index (χ2n) is 6.21. The molecule has 29 heavy (non-hydrogen) atoms. The predicted octanol–water partition coefficient (Wildman–Crippen LogP) is 3.23. The van der Waals surface area contributed by atoms with E-state index in [2.05, 4.69) is 0 Å². The molecule has 2 rings (SSSR count). The Labute approximate surface area is 166 Å². The van der Waals surface area contributed by atoms with Crippen LogP contribution in [0.2, 0.25) is 0 Å². The molecule has 0 saturated carbocycles. The molecule has 2 aromatic carbocycles. The Kier molecular flexibility index (Phi) is 7.33. The Morgan fingerprint density at radius 3 is 2.31 bits per heavy atom. The molecule has 0 fully saturated rings. The van der Waals surface area contributed by atoms with Crippen molar-refractivity contribution in [2.75, 3.05) is 34.4 Å². The number of ether oxygens (including phenoxy) is 3. The summed E-state index contributed by atoms with van der Waals surface area (Å²) < 4.78 is 53.4. The van der Waals surface area contributed by atoms with Gasteiger partial charge in [-0.2, -0.15) is 13.2 Å². The number of nitrogens with zero attached hydrogens (tertiary/aromatic N) is 1. The SMILES string of the molecule is COc1cccc(C(=O)N(C)CC(O)COc2ccc(C(F)(F)F)cc2)c1OC. The molecule has 0 aliphatic rings. The van der Waals surface area contributed by atoms with Crippen molar-refractivity contribution in [2.24, 2.45) is 0 Å². The second-order valence-corrected chi connectivity index (χ2v) is 6.21. The molecule has 0 aliphatic heterocycles. The first-order valence-electron chi connectivity index (χ1n) is 8.62. The van der Waals surface area contributed by atoms with E-state index in [1.165, 1.54) is 38.3 Å². The summed E-state index contributed by atoms with van der Waals surface area (Å²) in [4.78, 5) is 14.0. The summed E-state index contributed by atoms with van der Waals surface area (Å²) in [7, 11) is 4.38. The normalized spacial score (nSPS) is 12.2. The van der Waals surface area contributed by atoms with Crippen molar-refractivity contribution >= 4 is 5.91 Å². The monoisotopic (exact) mass is 413 g/mol. The number of para-hydroxylation sites is 1. The fourth-order valence-electron chi connectivity index (χ4n) is 2.65. The van der Waals surface area contributed by atoms with Crippen molar-refractivity contribution in [1.82, 2.24) is 4.90 Å². The number of methoxy groups -OCH3 is 2. The fourth-order valence-corrected chi connectivity index (χ4v) is 2.65. The molecule has 0 aliphatic carbocycles. The van der Waals surface area contributed by atoms with E-state index in [4.69, 9.17) is 14.2 Å². The van der Waals surface area contributed by atoms with Gasteiger partial charge in [0.2, 0.25) is 0 Å². The van der Waals surface area contributed by atoms with Gasteiger partial charge in [0.25, 0.3) is 5.91 Å². The number of amides is 1. The van der Waals surface area contributed by atoms with Crippen molar-refractivity contribution in [3.05, 3.63) is 53.6 Å². The van der Waals surface area contributed by atoms with Crippen molar-refractivity contribution in [1.29, 1.82) is 0 Å². The average Bonchev–Trinajstić information content (AvgIpc) is 2.70. The standard InChI is InChI=1S/C20H22F3NO5/c1-24(19(26)16-5-4-6-17(27-2)18(16)28-3)11-14(25)12-29-15-9-7-13(8-10-15)20(21,22)23/h4-10,14,25H,11-12H2,1-3H3. The first-order valence-corrected chi connectivity index (χ1v) is 8.62. The zero-order valence-electron chi connectivity index (χ0n) is 16.2. The second kappa shape index (κ2) is 9.51. The molecule has 2 aromatic rings. The topological polar surface area (TPSA) is 68.2 Å². The molecule has 0 radical (unpaired) electrons. The number of alkyl halides is 3. The summed E-state index contributed by atoms with van der Waals surface area (Å²) in [6.07, 6.45) is -5.48. The highest BCUT2D eigenvalue weighted by molar-refractivity contribution is 5.97. The summed E-state index contributed by atoms with van der Waals surface area (Å²) in [6, 6.07) is 9.01. The number of hydrogen-bond acceptors (Lipinski definition) is 5. The Balaban J connectivity index is 1.95. The highest BCUT2D eigenvalue weighted by atomic mass is 19.4. The van der Waals surface area contributed by atoms with E-state index in [-0.39, 0.29) is 30.2 Å². The van der Waals surface area contributed by atoms with Crippen LogP contribution in [-0.2, 0) is 6.18 Å². The molecule has 1 amide bonds. The van der Waals surface area contributed by atoms with Crippen LogP contribution in [0.3, 0.4) is 0 Å². The van der Waals surface area contributed by atoms with Gasteiger partial charge in [-0.15, -0.1) is 0 Å². The molecular weight excluding hydrogens is 391 g/mol. The van der Waals surface area contributed by atoms with Crippen LogP contribution in [0.4, 0.5) is 13.2 Å². The molecule has 158 valence electrons. The Hall–Kier alpha value is -2.94. The maximum Gasteiger partial charge on any atom is 0.416 e. The number of carbonyl (C=O) groups excluding carboxylic acids is 1. The predicted molar refractivity (Wildman–Crippen MR) is 99.5 cm³/mol. The fraction of sp³-hybridized carbons (Fsp3) is 0.350. The molecule has 1 atom stereocenters. The number of aliphatic hydroxyl groups is 1. The third-order valence-electron chi connectivity index (χ3n) is 4.09. The van der Waals surface area contributed by atoms with Crippen LogP contribution in [0, 0.1) is 0 Å². The number of likely N-dealkylation sites (N-methyl/N-ethyl adjacent to an activating group) is 1. The Morgan fingerprint density at radius 1 is 1.10 bits per heavy atom. The molecule has 6 nitrogen and oxygen atoms in total. The van der Waals surface area contributed by atoms with Crippen LogP contribution in [0.15, 0.2) is 42.5 Å². The lowest BCUT2D eigenvalue weighted by Gasteiger charge is -2.22. The number of aliphatic hydroxyl groups excluding tert-OH is 1. The van der Waals surface area contributed by atoms with Gasteiger partial charge < -0.3 is 24.2 Å². The van der Waals surface area contributed by atoms with Crippen molar-refractivity contribution in [2.45, 2.75) is 12.3 Å². The highest BCUT2D eigenvalue weighted by Gasteiger charge is 2.30. The van der Waals surface area contributed by atoms with Gasteiger partial charge in [-0.3, -0.25) is 4.79 Å². The smallest absolute Gasteiger partial charge is 0.416 e. The van der Waals surface area contributed by atoms with Gasteiger partial charge in [0.1, 0.15) is 18.5 Å². The molecule has 0 bridgehead atoms. The number of halogens is 3. The van der Waals surface area contributed by atoms with Crippen LogP contribution in [0.5, 0.6) is 17.2 Å². The molecule has 0 saturated heterocycles. The van der Waals surface area contributed by atoms with E-state index in [1.54, 1.807) is 18.2 Å². The van der Waals surface area contributed by atoms with E-state index in [0.717, 1.165) is 12.1 Å². The Bertz CT molecular complexity index is 824. The van der Waals surface area contributed by atoms with Gasteiger partial charge in [0.05, 0.1) is 25.3 Å². The maximum absolute atomic E-state index is 12.7. The third kappa shape index (κ3) is 5.77. The van der Waals surface area contributed by atoms with Crippen LogP contribution >= 0.6 is 0 Å². The third-order valence-corrected chi connectivity index (χ3v) is 4.09. The first kappa shape index (κ1) is 22.4. The van der Waals surface area contributed by atoms with Crippen molar-refractivity contribution < 1.29 is 37.3 Å². The summed E-state index contributed by atoms with van der Waals surface area (Å²) in [5.74, 6) is 0.468. The van der Waals surface area contributed by atoms with E-state index in [1.807, 2.05) is 0 Å². The lowest BCUT2D eigenvalue weighted by Crippen LogP contribution is -2.37. The lowest BCUT2D eigenvalue weighted by atomic mass is 10.1. The van der Waals surface area contributed by atoms with Gasteiger partial charge in [0, 0.05) is 13.6 Å². The summed E-state index contributed by atoms with van der Waals surface area (Å²) >= 11 is 0. The Morgan fingerprint density at radius 2 is 1.76 bits per heavy atom. The van der Waals surface area contributed by atoms with Gasteiger partial charge in [-0.25, -0.2) is 0 Å². The molecule has 0 spiro atoms. The zero-order valence-corrected chi connectivity index (χ0v) is 16.2. The average molecular weight is 413 g/mol. The lowest BCUT2D eigenvalue weighted by molar-refractivity contribution is -0.137. The quantitative estimate of drug-likeness (QED) is 0.720. The molecule has 0 aromatic heterocycles. The van der Waals surface area contributed by atoms with E-state index in [9.17, 15) is 23.1 Å². The number of benzene rings is 2. The van der Waals surface area contributed by atoms with Crippen molar-refractivity contribution in [3.8, 4) is 17.2 Å². The molecule has 0 heterocycles. The minimum Gasteiger partial charge on any atom is -0.493 e. The van der Waals surface area contributed by atoms with E-state index < -0.39 is 23.8 Å². The summed E-state index contributed by atoms with van der Waals surface area (Å²) in [5, 5.41) is 10.1. The molecular formula is C20H22F3NO5. The van der Waals surface area contributed by atoms with Gasteiger partial charge in [0.15, 0.2) is 11.5 Å². The van der Waals surface area contributed by atoms with Crippen LogP contribution in [0.25, 0.3) is 0 Å². The van der Waals surface area contributed by atoms with Gasteiger partial charge in [-0.05, 0) is 36.4 Å². The van der Waals surface area contributed by atoms with E-state index in [0.29, 0.717) is 5.75 Å². The van der Waals surface area contributed by atoms with Crippen LogP contribution in [0.1, 0.15) is 15.9 Å². The van der Waals surface area contributed by atoms with Crippen molar-refractivity contribution in [3.63, 3.8) is 0 Å². The van der Waals surface area contributed by atoms with Gasteiger partial charge >= 0.3 is 6.18 Å². The van der Waals surface area contributed by atoms with Gasteiger partial charge in [-0.1, -0.05) is 6.07 Å². The number of hydrogen-bond donors (Lipinski definition) is 1. The first-order chi connectivity index (χ1) is 13.7. The minimum atomic E-state index is -4.43. The zero-order chi connectivity index (χ0) is 21.6. The largest absolute Gasteiger partial charge is 0.493 e. The minimum absolute atomic E-state index is 0.0557. The summed E-state index contributed by atoms with van der Waals surface area (Å²) in [6.45, 7) is -0.252. The molecule has 1 N–H and O–H groups in total.